The van der Waals surface area contributed by atoms with Crippen LogP contribution in [0.5, 0.6) is 0 Å². The summed E-state index contributed by atoms with van der Waals surface area (Å²) in [4.78, 5) is 4.32. The second-order valence-corrected chi connectivity index (χ2v) is 4.82. The van der Waals surface area contributed by atoms with Crippen LogP contribution in [0, 0.1) is 5.41 Å². The molecule has 0 aliphatic heterocycles. The normalized spacial score (nSPS) is 19.6. The smallest absolute Gasteiger partial charge is 0.108 e. The van der Waals surface area contributed by atoms with Crippen LogP contribution in [0.4, 0.5) is 0 Å². The van der Waals surface area contributed by atoms with E-state index in [1.54, 1.807) is 0 Å². The molecule has 1 aromatic heterocycles. The first-order chi connectivity index (χ1) is 7.26. The molecule has 0 aromatic carbocycles. The molecule has 1 aliphatic carbocycles. The average molecular weight is 208 g/mol. The Morgan fingerprint density at radius 1 is 1.47 bits per heavy atom. The van der Waals surface area contributed by atoms with Gasteiger partial charge >= 0.3 is 0 Å². The maximum atomic E-state index is 9.49. The first kappa shape index (κ1) is 10.7. The molecule has 1 fully saturated rings. The zero-order chi connectivity index (χ0) is 10.7. The highest BCUT2D eigenvalue weighted by molar-refractivity contribution is 4.94. The summed E-state index contributed by atoms with van der Waals surface area (Å²) in [6, 6.07) is 0. The Morgan fingerprint density at radius 3 is 2.73 bits per heavy atom. The highest BCUT2D eigenvalue weighted by Crippen LogP contribution is 2.41. The van der Waals surface area contributed by atoms with E-state index < -0.39 is 0 Å². The van der Waals surface area contributed by atoms with Gasteiger partial charge in [0, 0.05) is 32.5 Å². The van der Waals surface area contributed by atoms with Gasteiger partial charge in [0.2, 0.25) is 0 Å². The molecule has 3 heteroatoms. The van der Waals surface area contributed by atoms with Crippen molar-refractivity contribution in [2.45, 2.75) is 38.5 Å². The largest absolute Gasteiger partial charge is 0.396 e. The van der Waals surface area contributed by atoms with Gasteiger partial charge in [-0.1, -0.05) is 12.8 Å². The third-order valence-corrected chi connectivity index (χ3v) is 3.80. The number of hydrogen-bond donors (Lipinski definition) is 1. The fourth-order valence-corrected chi connectivity index (χ4v) is 2.63. The lowest BCUT2D eigenvalue weighted by Crippen LogP contribution is -2.22. The predicted octanol–water partition coefficient (Wildman–Crippen LogP) is 1.91. The van der Waals surface area contributed by atoms with Gasteiger partial charge in [-0.2, -0.15) is 0 Å². The summed E-state index contributed by atoms with van der Waals surface area (Å²) >= 11 is 0. The quantitative estimate of drug-likeness (QED) is 0.820. The summed E-state index contributed by atoms with van der Waals surface area (Å²) in [6.07, 6.45) is 10.8. The molecule has 1 aromatic rings. The Hall–Kier alpha value is -0.830. The maximum Gasteiger partial charge on any atom is 0.108 e. The van der Waals surface area contributed by atoms with E-state index in [9.17, 15) is 5.11 Å². The van der Waals surface area contributed by atoms with Gasteiger partial charge < -0.3 is 9.67 Å². The third kappa shape index (κ3) is 2.23. The Balaban J connectivity index is 1.94. The monoisotopic (exact) mass is 208 g/mol. The summed E-state index contributed by atoms with van der Waals surface area (Å²) in [7, 11) is 2.03. The molecule has 1 heterocycles. The van der Waals surface area contributed by atoms with Crippen molar-refractivity contribution >= 4 is 0 Å². The molecule has 2 rings (SSSR count). The van der Waals surface area contributed by atoms with Crippen LogP contribution in [0.15, 0.2) is 12.4 Å². The zero-order valence-corrected chi connectivity index (χ0v) is 9.45. The van der Waals surface area contributed by atoms with Gasteiger partial charge in [-0.3, -0.25) is 0 Å². The molecule has 1 aliphatic rings. The number of nitrogens with zero attached hydrogens (tertiary/aromatic N) is 2. The number of imidazole rings is 1. The van der Waals surface area contributed by atoms with E-state index in [-0.39, 0.29) is 5.41 Å². The number of hydrogen-bond acceptors (Lipinski definition) is 2. The average Bonchev–Trinajstić information content (AvgIpc) is 2.85. The summed E-state index contributed by atoms with van der Waals surface area (Å²) in [5.74, 6) is 1.13. The number of aryl methyl sites for hydroxylation is 2. The summed E-state index contributed by atoms with van der Waals surface area (Å²) in [6.45, 7) is 0.345. The Morgan fingerprint density at radius 2 is 2.20 bits per heavy atom. The van der Waals surface area contributed by atoms with E-state index >= 15 is 0 Å². The SMILES string of the molecule is Cn1ccnc1CCC1(CO)CCCC1. The van der Waals surface area contributed by atoms with E-state index in [0.717, 1.165) is 18.7 Å². The van der Waals surface area contributed by atoms with Crippen molar-refractivity contribution in [2.75, 3.05) is 6.61 Å². The standard InChI is InChI=1S/C12H20N2O/c1-14-9-8-13-11(14)4-7-12(10-15)5-2-3-6-12/h8-9,15H,2-7,10H2,1H3. The number of aromatic nitrogens is 2. The van der Waals surface area contributed by atoms with E-state index in [1.165, 1.54) is 25.7 Å². The molecule has 0 radical (unpaired) electrons. The summed E-state index contributed by atoms with van der Waals surface area (Å²) in [5, 5.41) is 9.49. The molecule has 3 nitrogen and oxygen atoms in total. The second-order valence-electron chi connectivity index (χ2n) is 4.82. The minimum Gasteiger partial charge on any atom is -0.396 e. The molecule has 0 saturated heterocycles. The van der Waals surface area contributed by atoms with Crippen LogP contribution in [-0.4, -0.2) is 21.3 Å². The van der Waals surface area contributed by atoms with E-state index in [0.29, 0.717) is 6.61 Å². The molecule has 0 bridgehead atoms. The fraction of sp³-hybridized carbons (Fsp3) is 0.750. The van der Waals surface area contributed by atoms with Gasteiger partial charge in [0.25, 0.3) is 0 Å². The molecule has 0 unspecified atom stereocenters. The first-order valence-electron chi connectivity index (χ1n) is 5.83. The number of aliphatic hydroxyl groups excluding tert-OH is 1. The zero-order valence-electron chi connectivity index (χ0n) is 9.45. The molecule has 0 amide bonds. The topological polar surface area (TPSA) is 38.0 Å². The van der Waals surface area contributed by atoms with E-state index in [4.69, 9.17) is 0 Å². The minimum atomic E-state index is 0.200. The van der Waals surface area contributed by atoms with Gasteiger partial charge in [-0.25, -0.2) is 4.98 Å². The van der Waals surface area contributed by atoms with Gasteiger partial charge in [0.15, 0.2) is 0 Å². The van der Waals surface area contributed by atoms with Crippen LogP contribution in [-0.2, 0) is 13.5 Å². The van der Waals surface area contributed by atoms with Crippen LogP contribution in [0.1, 0.15) is 37.9 Å². The van der Waals surface area contributed by atoms with Crippen molar-refractivity contribution < 1.29 is 5.11 Å². The van der Waals surface area contributed by atoms with Crippen molar-refractivity contribution in [1.82, 2.24) is 9.55 Å². The van der Waals surface area contributed by atoms with Crippen molar-refractivity contribution in [3.05, 3.63) is 18.2 Å². The lowest BCUT2D eigenvalue weighted by atomic mass is 9.82. The highest BCUT2D eigenvalue weighted by atomic mass is 16.3. The first-order valence-corrected chi connectivity index (χ1v) is 5.83. The van der Waals surface area contributed by atoms with Gasteiger partial charge in [-0.15, -0.1) is 0 Å². The van der Waals surface area contributed by atoms with Crippen molar-refractivity contribution in [2.24, 2.45) is 12.5 Å². The van der Waals surface area contributed by atoms with Crippen LogP contribution in [0.25, 0.3) is 0 Å². The maximum absolute atomic E-state index is 9.49. The van der Waals surface area contributed by atoms with Gasteiger partial charge in [0.05, 0.1) is 0 Å². The predicted molar refractivity (Wildman–Crippen MR) is 59.5 cm³/mol. The summed E-state index contributed by atoms with van der Waals surface area (Å²) < 4.78 is 2.07. The van der Waals surface area contributed by atoms with Crippen LogP contribution >= 0.6 is 0 Å². The molecular formula is C12H20N2O. The lowest BCUT2D eigenvalue weighted by Gasteiger charge is -2.26. The van der Waals surface area contributed by atoms with Crippen LogP contribution < -0.4 is 0 Å². The molecule has 84 valence electrons. The third-order valence-electron chi connectivity index (χ3n) is 3.80. The Bertz CT molecular complexity index is 313. The van der Waals surface area contributed by atoms with Crippen molar-refractivity contribution in [1.29, 1.82) is 0 Å². The highest BCUT2D eigenvalue weighted by Gasteiger charge is 2.32. The molecular weight excluding hydrogens is 188 g/mol. The van der Waals surface area contributed by atoms with Gasteiger partial charge in [0.1, 0.15) is 5.82 Å². The van der Waals surface area contributed by atoms with Gasteiger partial charge in [-0.05, 0) is 24.7 Å². The fourth-order valence-electron chi connectivity index (χ4n) is 2.63. The van der Waals surface area contributed by atoms with E-state index in [1.807, 2.05) is 19.4 Å². The lowest BCUT2D eigenvalue weighted by molar-refractivity contribution is 0.120. The van der Waals surface area contributed by atoms with Crippen LogP contribution in [0.3, 0.4) is 0 Å². The minimum absolute atomic E-state index is 0.200. The van der Waals surface area contributed by atoms with Crippen molar-refractivity contribution in [3.63, 3.8) is 0 Å². The van der Waals surface area contributed by atoms with E-state index in [2.05, 4.69) is 9.55 Å². The molecule has 0 spiro atoms. The molecule has 1 saturated carbocycles. The summed E-state index contributed by atoms with van der Waals surface area (Å²) in [5.41, 5.74) is 0.200. The number of aliphatic hydroxyl groups is 1. The van der Waals surface area contributed by atoms with Crippen LogP contribution in [0.2, 0.25) is 0 Å². The number of rotatable bonds is 4. The molecule has 1 N–H and O–H groups in total. The Labute approximate surface area is 91.1 Å². The Kier molecular flexibility index (Phi) is 3.10. The van der Waals surface area contributed by atoms with Crippen molar-refractivity contribution in [3.8, 4) is 0 Å². The molecule has 15 heavy (non-hydrogen) atoms. The molecule has 0 atom stereocenters. The second kappa shape index (κ2) is 4.35.